The molecule has 0 amide bonds. The molecule has 1 atom stereocenters. The molecule has 0 spiro atoms. The Morgan fingerprint density at radius 2 is 2.00 bits per heavy atom. The third-order valence-corrected chi connectivity index (χ3v) is 7.51. The number of benzene rings is 1. The summed E-state index contributed by atoms with van der Waals surface area (Å²) >= 11 is 0. The van der Waals surface area contributed by atoms with Crippen LogP contribution in [-0.4, -0.2) is 35.3 Å². The molecule has 4 nitrogen and oxygen atoms in total. The van der Waals surface area contributed by atoms with E-state index in [1.54, 1.807) is 6.07 Å². The van der Waals surface area contributed by atoms with Crippen LogP contribution in [0, 0.1) is 0 Å². The van der Waals surface area contributed by atoms with E-state index in [4.69, 9.17) is 0 Å². The zero-order valence-electron chi connectivity index (χ0n) is 13.7. The Kier molecular flexibility index (Phi) is 4.99. The number of nitrogens with zero attached hydrogens (tertiary/aromatic N) is 1. The zero-order valence-corrected chi connectivity index (χ0v) is 15.5. The van der Waals surface area contributed by atoms with Gasteiger partial charge >= 0.3 is 0 Å². The van der Waals surface area contributed by atoms with E-state index < -0.39 is 18.1 Å². The molecule has 7 heteroatoms. The minimum Gasteiger partial charge on any atom is -0.215 e. The number of sulfonamides is 1. The number of hydrogen-bond acceptors (Lipinski definition) is 3. The molecule has 0 fully saturated rings. The first-order valence-electron chi connectivity index (χ1n) is 7.58. The molecular formula is C15H25FN2O2SSi. The first kappa shape index (κ1) is 17.4. The fourth-order valence-corrected chi connectivity index (χ4v) is 7.07. The first-order chi connectivity index (χ1) is 10.1. The van der Waals surface area contributed by atoms with Gasteiger partial charge in [0.25, 0.3) is 0 Å². The standard InChI is InChI=1S/C15H25FN2O2SSi/c1-18(16)15-7-5-6-12-10-13(11-14(12)15)17-21(19,20)8-9-22(2,3)4/h5-7,13,17H,8-11H2,1-4H3/t13-/m0/s1. The summed E-state index contributed by atoms with van der Waals surface area (Å²) in [6, 6.07) is 6.06. The predicted molar refractivity (Wildman–Crippen MR) is 92.2 cm³/mol. The second-order valence-corrected chi connectivity index (χ2v) is 14.7. The lowest BCUT2D eigenvalue weighted by molar-refractivity contribution is 0.474. The summed E-state index contributed by atoms with van der Waals surface area (Å²) in [6.45, 7) is 6.49. The molecular weight excluding hydrogens is 319 g/mol. The van der Waals surface area contributed by atoms with Gasteiger partial charge in [0.1, 0.15) is 0 Å². The van der Waals surface area contributed by atoms with Gasteiger partial charge in [0.15, 0.2) is 0 Å². The Balaban J connectivity index is 2.04. The summed E-state index contributed by atoms with van der Waals surface area (Å²) in [6.07, 6.45) is 1.18. The maximum Gasteiger partial charge on any atom is 0.211 e. The highest BCUT2D eigenvalue weighted by molar-refractivity contribution is 7.89. The average molecular weight is 345 g/mol. The van der Waals surface area contributed by atoms with Crippen LogP contribution in [0.1, 0.15) is 11.1 Å². The number of anilines is 1. The van der Waals surface area contributed by atoms with E-state index in [0.29, 0.717) is 23.7 Å². The lowest BCUT2D eigenvalue weighted by atomic mass is 10.1. The smallest absolute Gasteiger partial charge is 0.211 e. The Morgan fingerprint density at radius 1 is 1.32 bits per heavy atom. The van der Waals surface area contributed by atoms with E-state index in [-0.39, 0.29) is 11.8 Å². The van der Waals surface area contributed by atoms with Crippen LogP contribution in [0.4, 0.5) is 10.2 Å². The lowest BCUT2D eigenvalue weighted by Gasteiger charge is -2.18. The van der Waals surface area contributed by atoms with E-state index >= 15 is 0 Å². The highest BCUT2D eigenvalue weighted by Crippen LogP contribution is 2.31. The summed E-state index contributed by atoms with van der Waals surface area (Å²) in [4.78, 5) is 0. The molecule has 1 aliphatic rings. The van der Waals surface area contributed by atoms with Gasteiger partial charge in [-0.1, -0.05) is 31.8 Å². The molecule has 0 saturated heterocycles. The van der Waals surface area contributed by atoms with Crippen molar-refractivity contribution in [3.8, 4) is 0 Å². The highest BCUT2D eigenvalue weighted by atomic mass is 32.2. The van der Waals surface area contributed by atoms with Crippen molar-refractivity contribution in [1.29, 1.82) is 0 Å². The molecule has 0 heterocycles. The van der Waals surface area contributed by atoms with Crippen LogP contribution < -0.4 is 9.84 Å². The van der Waals surface area contributed by atoms with Crippen molar-refractivity contribution in [3.63, 3.8) is 0 Å². The van der Waals surface area contributed by atoms with Crippen LogP contribution in [0.2, 0.25) is 25.7 Å². The second-order valence-electron chi connectivity index (χ2n) is 7.24. The van der Waals surface area contributed by atoms with Gasteiger partial charge in [0.2, 0.25) is 10.0 Å². The summed E-state index contributed by atoms with van der Waals surface area (Å²) < 4.78 is 40.8. The quantitative estimate of drug-likeness (QED) is 0.638. The minimum absolute atomic E-state index is 0.164. The van der Waals surface area contributed by atoms with Gasteiger partial charge in [-0.3, -0.25) is 0 Å². The summed E-state index contributed by atoms with van der Waals surface area (Å²) in [7, 11) is -3.30. The molecule has 1 N–H and O–H groups in total. The molecule has 0 unspecified atom stereocenters. The molecule has 0 radical (unpaired) electrons. The highest BCUT2D eigenvalue weighted by Gasteiger charge is 2.29. The molecule has 0 bridgehead atoms. The summed E-state index contributed by atoms with van der Waals surface area (Å²) in [5.74, 6) is 0.186. The topological polar surface area (TPSA) is 49.4 Å². The van der Waals surface area contributed by atoms with Gasteiger partial charge in [-0.05, 0) is 36.1 Å². The first-order valence-corrected chi connectivity index (χ1v) is 12.9. The van der Waals surface area contributed by atoms with E-state index in [0.717, 1.165) is 17.2 Å². The molecule has 1 aliphatic carbocycles. The van der Waals surface area contributed by atoms with Crippen molar-refractivity contribution in [2.45, 2.75) is 44.6 Å². The predicted octanol–water partition coefficient (Wildman–Crippen LogP) is 2.73. The lowest BCUT2D eigenvalue weighted by Crippen LogP contribution is -2.38. The van der Waals surface area contributed by atoms with Crippen LogP contribution in [0.3, 0.4) is 0 Å². The third kappa shape index (κ3) is 4.53. The SMILES string of the molecule is CN(F)c1cccc2c1C[C@@H](NS(=O)(=O)CC[Si](C)(C)C)C2. The van der Waals surface area contributed by atoms with E-state index in [9.17, 15) is 12.9 Å². The van der Waals surface area contributed by atoms with Crippen LogP contribution in [0.15, 0.2) is 18.2 Å². The number of rotatable bonds is 6. The number of fused-ring (bicyclic) bond motifs is 1. The van der Waals surface area contributed by atoms with Gasteiger partial charge in [-0.25, -0.2) is 18.3 Å². The number of nitrogens with one attached hydrogen (secondary N) is 1. The minimum atomic E-state index is -3.27. The Morgan fingerprint density at radius 3 is 2.59 bits per heavy atom. The normalized spacial score (nSPS) is 18.3. The fraction of sp³-hybridized carbons (Fsp3) is 0.600. The van der Waals surface area contributed by atoms with Crippen molar-refractivity contribution in [2.24, 2.45) is 0 Å². The van der Waals surface area contributed by atoms with Crippen LogP contribution in [0.5, 0.6) is 0 Å². The van der Waals surface area contributed by atoms with Crippen molar-refractivity contribution in [1.82, 2.24) is 4.72 Å². The monoisotopic (exact) mass is 344 g/mol. The largest absolute Gasteiger partial charge is 0.215 e. The molecule has 124 valence electrons. The van der Waals surface area contributed by atoms with E-state index in [1.807, 2.05) is 12.1 Å². The van der Waals surface area contributed by atoms with Crippen LogP contribution in [-0.2, 0) is 22.9 Å². The van der Waals surface area contributed by atoms with Gasteiger partial charge < -0.3 is 0 Å². The molecule has 0 saturated carbocycles. The number of halogens is 1. The van der Waals surface area contributed by atoms with Crippen LogP contribution in [0.25, 0.3) is 0 Å². The van der Waals surface area contributed by atoms with Crippen molar-refractivity contribution in [3.05, 3.63) is 29.3 Å². The molecule has 1 aromatic rings. The van der Waals surface area contributed by atoms with Crippen molar-refractivity contribution in [2.75, 3.05) is 17.9 Å². The Hall–Kier alpha value is -0.923. The summed E-state index contributed by atoms with van der Waals surface area (Å²) in [5, 5.41) is 0.598. The molecule has 0 aromatic heterocycles. The fourth-order valence-electron chi connectivity index (χ4n) is 2.76. The maximum absolute atomic E-state index is 13.5. The second kappa shape index (κ2) is 6.29. The molecule has 1 aromatic carbocycles. The Labute approximate surface area is 133 Å². The molecule has 0 aliphatic heterocycles. The summed E-state index contributed by atoms with van der Waals surface area (Å²) in [5.41, 5.74) is 2.46. The Bertz CT molecular complexity index is 641. The molecule has 22 heavy (non-hydrogen) atoms. The van der Waals surface area contributed by atoms with Crippen LogP contribution >= 0.6 is 0 Å². The maximum atomic E-state index is 13.5. The van der Waals surface area contributed by atoms with Gasteiger partial charge in [0.05, 0.1) is 11.4 Å². The van der Waals surface area contributed by atoms with E-state index in [2.05, 4.69) is 24.4 Å². The zero-order chi connectivity index (χ0) is 16.5. The average Bonchev–Trinajstić information content (AvgIpc) is 2.76. The molecule has 2 rings (SSSR count). The van der Waals surface area contributed by atoms with Crippen molar-refractivity contribution >= 4 is 23.8 Å². The van der Waals surface area contributed by atoms with Gasteiger partial charge in [-0.2, -0.15) is 0 Å². The van der Waals surface area contributed by atoms with Gasteiger partial charge in [-0.15, -0.1) is 4.48 Å². The van der Waals surface area contributed by atoms with Gasteiger partial charge in [0, 0.05) is 21.2 Å². The van der Waals surface area contributed by atoms with E-state index in [1.165, 1.54) is 7.05 Å². The van der Waals surface area contributed by atoms with Crippen molar-refractivity contribution < 1.29 is 12.9 Å². The number of hydrogen-bond donors (Lipinski definition) is 1. The third-order valence-electron chi connectivity index (χ3n) is 3.96.